The van der Waals surface area contributed by atoms with Gasteiger partial charge in [-0.25, -0.2) is 0 Å². The van der Waals surface area contributed by atoms with Crippen LogP contribution in [0.15, 0.2) is 42.5 Å². The highest BCUT2D eigenvalue weighted by molar-refractivity contribution is 5.91. The van der Waals surface area contributed by atoms with E-state index in [1.807, 2.05) is 43.3 Å². The normalized spacial score (nSPS) is 10.6. The number of methoxy groups -OCH3 is 1. The Morgan fingerprint density at radius 3 is 2.67 bits per heavy atom. The van der Waals surface area contributed by atoms with Crippen molar-refractivity contribution in [1.29, 1.82) is 0 Å². The lowest BCUT2D eigenvalue weighted by Crippen LogP contribution is -1.99. The molecule has 0 saturated carbocycles. The first-order chi connectivity index (χ1) is 10.2. The Labute approximate surface area is 122 Å². The van der Waals surface area contributed by atoms with Crippen LogP contribution in [-0.4, -0.2) is 22.2 Å². The minimum absolute atomic E-state index is 0.241. The smallest absolute Gasteiger partial charge is 0.318 e. The summed E-state index contributed by atoms with van der Waals surface area (Å²) >= 11 is 0. The van der Waals surface area contributed by atoms with E-state index in [9.17, 15) is 5.11 Å². The SMILES string of the molecule is COc1nc(Nc2ccc(C)c(O)c2)c2ccccc2n1. The molecule has 3 rings (SSSR count). The number of para-hydroxylation sites is 1. The maximum absolute atomic E-state index is 9.79. The van der Waals surface area contributed by atoms with Crippen LogP contribution < -0.4 is 10.1 Å². The Bertz CT molecular complexity index is 803. The fourth-order valence-electron chi connectivity index (χ4n) is 2.07. The van der Waals surface area contributed by atoms with Crippen LogP contribution in [0.2, 0.25) is 0 Å². The number of phenolic OH excluding ortho intramolecular Hbond substituents is 1. The zero-order chi connectivity index (χ0) is 14.8. The summed E-state index contributed by atoms with van der Waals surface area (Å²) in [6.45, 7) is 1.85. The minimum atomic E-state index is 0.241. The monoisotopic (exact) mass is 281 g/mol. The van der Waals surface area contributed by atoms with Crippen LogP contribution in [0.1, 0.15) is 5.56 Å². The van der Waals surface area contributed by atoms with Gasteiger partial charge in [-0.05, 0) is 30.7 Å². The molecule has 2 aromatic carbocycles. The van der Waals surface area contributed by atoms with Crippen molar-refractivity contribution >= 4 is 22.4 Å². The van der Waals surface area contributed by atoms with Gasteiger partial charge in [0.05, 0.1) is 12.6 Å². The summed E-state index contributed by atoms with van der Waals surface area (Å²) in [7, 11) is 1.53. The van der Waals surface area contributed by atoms with Crippen molar-refractivity contribution in [3.05, 3.63) is 48.0 Å². The van der Waals surface area contributed by atoms with Crippen LogP contribution in [0.25, 0.3) is 10.9 Å². The number of ether oxygens (including phenoxy) is 1. The number of phenols is 1. The molecule has 0 fully saturated rings. The van der Waals surface area contributed by atoms with Gasteiger partial charge in [-0.15, -0.1) is 0 Å². The van der Waals surface area contributed by atoms with Crippen LogP contribution in [0.4, 0.5) is 11.5 Å². The molecular formula is C16H15N3O2. The van der Waals surface area contributed by atoms with E-state index in [1.54, 1.807) is 6.07 Å². The van der Waals surface area contributed by atoms with E-state index < -0.39 is 0 Å². The third kappa shape index (κ3) is 2.58. The highest BCUT2D eigenvalue weighted by Gasteiger charge is 2.08. The van der Waals surface area contributed by atoms with E-state index in [4.69, 9.17) is 4.74 Å². The number of nitrogens with one attached hydrogen (secondary N) is 1. The second-order valence-corrected chi connectivity index (χ2v) is 4.70. The van der Waals surface area contributed by atoms with E-state index >= 15 is 0 Å². The topological polar surface area (TPSA) is 67.3 Å². The van der Waals surface area contributed by atoms with Gasteiger partial charge >= 0.3 is 6.01 Å². The Kier molecular flexibility index (Phi) is 3.31. The average Bonchev–Trinajstić information content (AvgIpc) is 2.51. The van der Waals surface area contributed by atoms with Crippen molar-refractivity contribution < 1.29 is 9.84 Å². The van der Waals surface area contributed by atoms with Gasteiger partial charge in [-0.3, -0.25) is 0 Å². The van der Waals surface area contributed by atoms with Crippen molar-refractivity contribution in [3.8, 4) is 11.8 Å². The summed E-state index contributed by atoms with van der Waals surface area (Å²) in [5.74, 6) is 0.881. The number of aromatic nitrogens is 2. The van der Waals surface area contributed by atoms with Crippen molar-refractivity contribution in [1.82, 2.24) is 9.97 Å². The molecule has 21 heavy (non-hydrogen) atoms. The van der Waals surface area contributed by atoms with Crippen LogP contribution in [-0.2, 0) is 0 Å². The zero-order valence-corrected chi connectivity index (χ0v) is 11.8. The molecule has 0 saturated heterocycles. The lowest BCUT2D eigenvalue weighted by Gasteiger charge is -2.11. The number of hydrogen-bond donors (Lipinski definition) is 2. The summed E-state index contributed by atoms with van der Waals surface area (Å²) in [6.07, 6.45) is 0. The molecule has 2 N–H and O–H groups in total. The second-order valence-electron chi connectivity index (χ2n) is 4.70. The maximum atomic E-state index is 9.79. The number of rotatable bonds is 3. The van der Waals surface area contributed by atoms with Gasteiger partial charge in [-0.2, -0.15) is 9.97 Å². The molecule has 3 aromatic rings. The van der Waals surface area contributed by atoms with Crippen molar-refractivity contribution in [2.75, 3.05) is 12.4 Å². The zero-order valence-electron chi connectivity index (χ0n) is 11.8. The van der Waals surface area contributed by atoms with Crippen LogP contribution in [0.5, 0.6) is 11.8 Å². The number of fused-ring (bicyclic) bond motifs is 1. The molecule has 0 aliphatic heterocycles. The first-order valence-corrected chi connectivity index (χ1v) is 6.55. The molecule has 1 aromatic heterocycles. The lowest BCUT2D eigenvalue weighted by molar-refractivity contribution is 0.382. The van der Waals surface area contributed by atoms with E-state index in [2.05, 4.69) is 15.3 Å². The highest BCUT2D eigenvalue weighted by atomic mass is 16.5. The van der Waals surface area contributed by atoms with E-state index in [-0.39, 0.29) is 5.75 Å². The number of aromatic hydroxyl groups is 1. The van der Waals surface area contributed by atoms with Crippen molar-refractivity contribution in [2.45, 2.75) is 6.92 Å². The van der Waals surface area contributed by atoms with Crippen LogP contribution in [0.3, 0.4) is 0 Å². The van der Waals surface area contributed by atoms with E-state index in [1.165, 1.54) is 7.11 Å². The van der Waals surface area contributed by atoms with Crippen molar-refractivity contribution in [3.63, 3.8) is 0 Å². The number of anilines is 2. The summed E-state index contributed by atoms with van der Waals surface area (Å²) < 4.78 is 5.13. The van der Waals surface area contributed by atoms with Crippen LogP contribution >= 0.6 is 0 Å². The van der Waals surface area contributed by atoms with Gasteiger partial charge in [0.1, 0.15) is 11.6 Å². The van der Waals surface area contributed by atoms with Gasteiger partial charge in [-0.1, -0.05) is 18.2 Å². The first-order valence-electron chi connectivity index (χ1n) is 6.55. The predicted molar refractivity (Wildman–Crippen MR) is 82.2 cm³/mol. The van der Waals surface area contributed by atoms with E-state index in [0.717, 1.165) is 22.2 Å². The predicted octanol–water partition coefficient (Wildman–Crippen LogP) is 3.40. The van der Waals surface area contributed by atoms with Gasteiger partial charge in [0.2, 0.25) is 0 Å². The minimum Gasteiger partial charge on any atom is -0.508 e. The molecule has 0 amide bonds. The number of aryl methyl sites for hydroxylation is 1. The Balaban J connectivity index is 2.08. The number of nitrogens with zero attached hydrogens (tertiary/aromatic N) is 2. The Morgan fingerprint density at radius 1 is 1.10 bits per heavy atom. The standard InChI is InChI=1S/C16H15N3O2/c1-10-7-8-11(9-14(10)20)17-15-12-5-3-4-6-13(12)18-16(19-15)21-2/h3-9,20H,1-2H3,(H,17,18,19). The molecule has 5 nitrogen and oxygen atoms in total. The number of benzene rings is 2. The summed E-state index contributed by atoms with van der Waals surface area (Å²) in [6, 6.07) is 13.4. The largest absolute Gasteiger partial charge is 0.508 e. The quantitative estimate of drug-likeness (QED) is 0.770. The summed E-state index contributed by atoms with van der Waals surface area (Å²) in [5.41, 5.74) is 2.37. The molecule has 5 heteroatoms. The third-order valence-electron chi connectivity index (χ3n) is 3.24. The second kappa shape index (κ2) is 5.28. The average molecular weight is 281 g/mol. The molecule has 0 aliphatic rings. The Hall–Kier alpha value is -2.82. The first kappa shape index (κ1) is 13.2. The van der Waals surface area contributed by atoms with Gasteiger partial charge < -0.3 is 15.2 Å². The van der Waals surface area contributed by atoms with Gasteiger partial charge in [0.25, 0.3) is 0 Å². The molecule has 0 unspecified atom stereocenters. The molecule has 0 bridgehead atoms. The maximum Gasteiger partial charge on any atom is 0.318 e. The molecular weight excluding hydrogens is 266 g/mol. The molecule has 0 atom stereocenters. The van der Waals surface area contributed by atoms with E-state index in [0.29, 0.717) is 11.8 Å². The molecule has 106 valence electrons. The molecule has 0 aliphatic carbocycles. The fraction of sp³-hybridized carbons (Fsp3) is 0.125. The lowest BCUT2D eigenvalue weighted by atomic mass is 10.2. The molecule has 0 radical (unpaired) electrons. The molecule has 0 spiro atoms. The van der Waals surface area contributed by atoms with Gasteiger partial charge in [0, 0.05) is 17.1 Å². The molecule has 1 heterocycles. The summed E-state index contributed by atoms with van der Waals surface area (Å²) in [4.78, 5) is 8.65. The fourth-order valence-corrected chi connectivity index (χ4v) is 2.07. The third-order valence-corrected chi connectivity index (χ3v) is 3.24. The van der Waals surface area contributed by atoms with Gasteiger partial charge in [0.15, 0.2) is 0 Å². The van der Waals surface area contributed by atoms with Crippen LogP contribution in [0, 0.1) is 6.92 Å². The number of hydrogen-bond acceptors (Lipinski definition) is 5. The van der Waals surface area contributed by atoms with Crippen molar-refractivity contribution in [2.24, 2.45) is 0 Å². The highest BCUT2D eigenvalue weighted by Crippen LogP contribution is 2.28. The Morgan fingerprint density at radius 2 is 1.90 bits per heavy atom. The summed E-state index contributed by atoms with van der Waals surface area (Å²) in [5, 5.41) is 13.9.